The SMILES string of the molecule is COP(=O)(OC)C(O)c1c(Cl)c2ccccc2oc1=O. The molecule has 1 aromatic carbocycles. The van der Waals surface area contributed by atoms with Crippen LogP contribution in [0, 0.1) is 0 Å². The van der Waals surface area contributed by atoms with E-state index >= 15 is 0 Å². The van der Waals surface area contributed by atoms with Gasteiger partial charge < -0.3 is 18.6 Å². The van der Waals surface area contributed by atoms with Crippen LogP contribution < -0.4 is 5.63 Å². The highest BCUT2D eigenvalue weighted by atomic mass is 35.5. The lowest BCUT2D eigenvalue weighted by molar-refractivity contribution is 0.173. The molecule has 0 amide bonds. The molecule has 0 saturated carbocycles. The minimum atomic E-state index is -3.91. The van der Waals surface area contributed by atoms with Crippen molar-refractivity contribution in [3.8, 4) is 0 Å². The molecule has 1 N–H and O–H groups in total. The van der Waals surface area contributed by atoms with Gasteiger partial charge in [-0.15, -0.1) is 0 Å². The monoisotopic (exact) mass is 318 g/mol. The number of benzene rings is 1. The quantitative estimate of drug-likeness (QED) is 0.689. The summed E-state index contributed by atoms with van der Waals surface area (Å²) in [5.74, 6) is -1.83. The predicted molar refractivity (Wildman–Crippen MR) is 74.1 cm³/mol. The Labute approximate surface area is 119 Å². The van der Waals surface area contributed by atoms with Crippen molar-refractivity contribution in [2.75, 3.05) is 14.2 Å². The molecule has 0 bridgehead atoms. The number of aliphatic hydroxyl groups is 1. The first kappa shape index (κ1) is 15.2. The van der Waals surface area contributed by atoms with Crippen LogP contribution in [-0.4, -0.2) is 19.3 Å². The van der Waals surface area contributed by atoms with E-state index in [9.17, 15) is 14.5 Å². The summed E-state index contributed by atoms with van der Waals surface area (Å²) in [5.41, 5.74) is -0.976. The zero-order valence-electron chi connectivity index (χ0n) is 10.7. The maximum Gasteiger partial charge on any atom is 0.363 e. The highest BCUT2D eigenvalue weighted by Crippen LogP contribution is 2.58. The number of para-hydroxylation sites is 1. The highest BCUT2D eigenvalue weighted by molar-refractivity contribution is 7.54. The minimum Gasteiger partial charge on any atom is -0.422 e. The summed E-state index contributed by atoms with van der Waals surface area (Å²) < 4.78 is 26.5. The lowest BCUT2D eigenvalue weighted by Crippen LogP contribution is -2.15. The van der Waals surface area contributed by atoms with Crippen molar-refractivity contribution in [3.05, 3.63) is 45.3 Å². The number of halogens is 1. The molecule has 1 atom stereocenters. The molecule has 0 aliphatic rings. The average Bonchev–Trinajstić information content (AvgIpc) is 2.46. The summed E-state index contributed by atoms with van der Waals surface area (Å²) in [5, 5.41) is 10.5. The zero-order chi connectivity index (χ0) is 14.9. The number of fused-ring (bicyclic) bond motifs is 1. The summed E-state index contributed by atoms with van der Waals surface area (Å²) in [6.45, 7) is 0. The fourth-order valence-electron chi connectivity index (χ4n) is 1.78. The Morgan fingerprint density at radius 1 is 1.30 bits per heavy atom. The minimum absolute atomic E-state index is 0.0429. The first-order chi connectivity index (χ1) is 9.44. The largest absolute Gasteiger partial charge is 0.422 e. The van der Waals surface area contributed by atoms with E-state index in [1.54, 1.807) is 24.3 Å². The zero-order valence-corrected chi connectivity index (χ0v) is 12.4. The van der Waals surface area contributed by atoms with Crippen molar-refractivity contribution in [2.45, 2.75) is 5.85 Å². The fourth-order valence-corrected chi connectivity index (χ4v) is 3.29. The number of aliphatic hydroxyl groups excluding tert-OH is 1. The van der Waals surface area contributed by atoms with E-state index in [0.29, 0.717) is 5.39 Å². The van der Waals surface area contributed by atoms with Crippen molar-refractivity contribution in [1.29, 1.82) is 0 Å². The molecular formula is C12H12ClO6P. The summed E-state index contributed by atoms with van der Waals surface area (Å²) in [7, 11) is -1.71. The molecule has 0 fully saturated rings. The van der Waals surface area contributed by atoms with Crippen LogP contribution in [0.1, 0.15) is 11.4 Å². The molecule has 0 saturated heterocycles. The molecule has 108 valence electrons. The maximum atomic E-state index is 12.2. The van der Waals surface area contributed by atoms with Crippen molar-refractivity contribution in [3.63, 3.8) is 0 Å². The predicted octanol–water partition coefficient (Wildman–Crippen LogP) is 2.92. The van der Waals surface area contributed by atoms with Crippen LogP contribution in [0.25, 0.3) is 11.0 Å². The van der Waals surface area contributed by atoms with E-state index < -0.39 is 19.1 Å². The lowest BCUT2D eigenvalue weighted by Gasteiger charge is -2.20. The third kappa shape index (κ3) is 2.41. The van der Waals surface area contributed by atoms with Crippen molar-refractivity contribution < 1.29 is 23.1 Å². The molecule has 0 aliphatic heterocycles. The van der Waals surface area contributed by atoms with Crippen molar-refractivity contribution >= 4 is 30.2 Å². The number of rotatable bonds is 4. The van der Waals surface area contributed by atoms with Gasteiger partial charge in [0, 0.05) is 19.6 Å². The summed E-state index contributed by atoms with van der Waals surface area (Å²) in [4.78, 5) is 11.9. The first-order valence-corrected chi connectivity index (χ1v) is 7.54. The van der Waals surface area contributed by atoms with Gasteiger partial charge in [0.2, 0.25) is 0 Å². The Kier molecular flexibility index (Phi) is 4.32. The summed E-state index contributed by atoms with van der Waals surface area (Å²) >= 11 is 6.11. The number of hydrogen-bond acceptors (Lipinski definition) is 6. The lowest BCUT2D eigenvalue weighted by atomic mass is 10.2. The smallest absolute Gasteiger partial charge is 0.363 e. The molecule has 1 heterocycles. The Morgan fingerprint density at radius 3 is 2.50 bits per heavy atom. The standard InChI is InChI=1S/C12H12ClO6P/c1-17-20(16,18-2)12(15)9-10(13)7-5-3-4-6-8(7)19-11(9)14/h3-6,12,15H,1-2H3. The molecule has 1 unspecified atom stereocenters. The second-order valence-corrected chi connectivity index (χ2v) is 6.57. The van der Waals surface area contributed by atoms with Crippen LogP contribution in [0.3, 0.4) is 0 Å². The molecule has 6 nitrogen and oxygen atoms in total. The fraction of sp³-hybridized carbons (Fsp3) is 0.250. The Bertz CT molecular complexity index is 732. The van der Waals surface area contributed by atoms with Crippen molar-refractivity contribution in [2.24, 2.45) is 0 Å². The summed E-state index contributed by atoms with van der Waals surface area (Å²) in [6, 6.07) is 6.54. The highest BCUT2D eigenvalue weighted by Gasteiger charge is 2.38. The van der Waals surface area contributed by atoms with Gasteiger partial charge in [-0.2, -0.15) is 0 Å². The van der Waals surface area contributed by atoms with Crippen LogP contribution in [0.5, 0.6) is 0 Å². The van der Waals surface area contributed by atoms with Crippen LogP contribution in [0.15, 0.2) is 33.5 Å². The van der Waals surface area contributed by atoms with Gasteiger partial charge in [-0.05, 0) is 12.1 Å². The van der Waals surface area contributed by atoms with Crippen molar-refractivity contribution in [1.82, 2.24) is 0 Å². The van der Waals surface area contributed by atoms with Crippen LogP contribution in [-0.2, 0) is 13.6 Å². The van der Waals surface area contributed by atoms with E-state index in [4.69, 9.17) is 16.0 Å². The molecule has 20 heavy (non-hydrogen) atoms. The summed E-state index contributed by atoms with van der Waals surface area (Å²) in [6.07, 6.45) is 0. The molecule has 2 rings (SSSR count). The van der Waals surface area contributed by atoms with Gasteiger partial charge in [0.15, 0.2) is 5.85 Å². The third-order valence-corrected chi connectivity index (χ3v) is 5.13. The normalized spacial score (nSPS) is 13.6. The van der Waals surface area contributed by atoms with Gasteiger partial charge in [0.1, 0.15) is 5.58 Å². The van der Waals surface area contributed by atoms with Gasteiger partial charge in [0.25, 0.3) is 0 Å². The van der Waals surface area contributed by atoms with Crippen LogP contribution >= 0.6 is 19.2 Å². The van der Waals surface area contributed by atoms with Crippen LogP contribution in [0.4, 0.5) is 0 Å². The second kappa shape index (κ2) is 5.68. The van der Waals surface area contributed by atoms with Gasteiger partial charge in [-0.1, -0.05) is 23.7 Å². The Morgan fingerprint density at radius 2 is 1.90 bits per heavy atom. The van der Waals surface area contributed by atoms with Crippen LogP contribution in [0.2, 0.25) is 5.02 Å². The van der Waals surface area contributed by atoms with Gasteiger partial charge in [0.05, 0.1) is 10.6 Å². The van der Waals surface area contributed by atoms with Gasteiger partial charge in [-0.3, -0.25) is 4.57 Å². The Hall–Kier alpha value is -1.17. The van der Waals surface area contributed by atoms with E-state index in [-0.39, 0.29) is 16.2 Å². The topological polar surface area (TPSA) is 86.0 Å². The van der Waals surface area contributed by atoms with E-state index in [1.165, 1.54) is 0 Å². The average molecular weight is 319 g/mol. The first-order valence-electron chi connectivity index (χ1n) is 5.55. The molecule has 2 aromatic rings. The Balaban J connectivity index is 2.72. The van der Waals surface area contributed by atoms with E-state index in [2.05, 4.69) is 9.05 Å². The second-order valence-electron chi connectivity index (χ2n) is 3.89. The molecule has 8 heteroatoms. The molecule has 0 spiro atoms. The van der Waals surface area contributed by atoms with Gasteiger partial charge >= 0.3 is 13.2 Å². The molecule has 0 aliphatic carbocycles. The van der Waals surface area contributed by atoms with E-state index in [1.807, 2.05) is 0 Å². The van der Waals surface area contributed by atoms with Gasteiger partial charge in [-0.25, -0.2) is 4.79 Å². The molecule has 0 radical (unpaired) electrons. The maximum absolute atomic E-state index is 12.2. The van der Waals surface area contributed by atoms with E-state index in [0.717, 1.165) is 14.2 Å². The molecule has 1 aromatic heterocycles. The molecular weight excluding hydrogens is 307 g/mol. The third-order valence-electron chi connectivity index (χ3n) is 2.85. The number of hydrogen-bond donors (Lipinski definition) is 1.